The summed E-state index contributed by atoms with van der Waals surface area (Å²) in [7, 11) is 0. The Morgan fingerprint density at radius 3 is 2.12 bits per heavy atom. The lowest BCUT2D eigenvalue weighted by atomic mass is 9.84. The predicted molar refractivity (Wildman–Crippen MR) is 239 cm³/mol. The minimum atomic E-state index is 0.323. The number of para-hydroxylation sites is 1. The lowest BCUT2D eigenvalue weighted by Gasteiger charge is -2.22. The van der Waals surface area contributed by atoms with Crippen LogP contribution in [-0.4, -0.2) is 4.57 Å². The first kappa shape index (κ1) is 33.5. The predicted octanol–water partition coefficient (Wildman–Crippen LogP) is 14.7. The number of nitrogens with zero attached hydrogens (tertiary/aromatic N) is 1. The summed E-state index contributed by atoms with van der Waals surface area (Å²) >= 11 is 0. The smallest absolute Gasteiger partial charge is 0.155 e. The molecule has 0 bridgehead atoms. The van der Waals surface area contributed by atoms with E-state index in [0.29, 0.717) is 11.8 Å². The van der Waals surface area contributed by atoms with Crippen molar-refractivity contribution >= 4 is 39.3 Å². The molecule has 7 aromatic carbocycles. The van der Waals surface area contributed by atoms with E-state index in [4.69, 9.17) is 4.42 Å². The summed E-state index contributed by atoms with van der Waals surface area (Å²) in [6.07, 6.45) is 6.67. The molecule has 3 nitrogen and oxygen atoms in total. The highest BCUT2D eigenvalue weighted by molar-refractivity contribution is 6.00. The van der Waals surface area contributed by atoms with Gasteiger partial charge in [-0.15, -0.1) is 0 Å². The van der Waals surface area contributed by atoms with E-state index < -0.39 is 0 Å². The van der Waals surface area contributed by atoms with Crippen LogP contribution in [0.2, 0.25) is 0 Å². The minimum Gasteiger partial charge on any atom is -0.454 e. The maximum atomic E-state index is 6.83. The summed E-state index contributed by atoms with van der Waals surface area (Å²) in [6, 6.07) is 59.4. The van der Waals surface area contributed by atoms with E-state index >= 15 is 0 Å². The van der Waals surface area contributed by atoms with Gasteiger partial charge in [0.2, 0.25) is 0 Å². The van der Waals surface area contributed by atoms with Crippen molar-refractivity contribution in [3.05, 3.63) is 192 Å². The van der Waals surface area contributed by atoms with E-state index in [0.717, 1.165) is 41.1 Å². The number of aromatic nitrogens is 1. The molecule has 2 atom stereocenters. The quantitative estimate of drug-likeness (QED) is 0.184. The lowest BCUT2D eigenvalue weighted by Crippen LogP contribution is -2.09. The second kappa shape index (κ2) is 13.4. The number of benzene rings is 7. The zero-order valence-electron chi connectivity index (χ0n) is 32.2. The molecule has 2 aliphatic carbocycles. The van der Waals surface area contributed by atoms with Crippen molar-refractivity contribution < 1.29 is 4.42 Å². The first-order chi connectivity index (χ1) is 28.1. The molecule has 57 heavy (non-hydrogen) atoms. The maximum absolute atomic E-state index is 6.83. The molecule has 2 unspecified atom stereocenters. The van der Waals surface area contributed by atoms with Gasteiger partial charge in [-0.25, -0.2) is 0 Å². The molecule has 0 saturated heterocycles. The van der Waals surface area contributed by atoms with Crippen LogP contribution < -0.4 is 5.32 Å². The number of hydrogen-bond acceptors (Lipinski definition) is 2. The fourth-order valence-corrected chi connectivity index (χ4v) is 9.35. The Labute approximate surface area is 333 Å². The van der Waals surface area contributed by atoms with Gasteiger partial charge in [-0.2, -0.15) is 0 Å². The highest BCUT2D eigenvalue weighted by Crippen LogP contribution is 2.50. The van der Waals surface area contributed by atoms with E-state index in [-0.39, 0.29) is 0 Å². The molecule has 3 heteroatoms. The molecule has 2 heterocycles. The van der Waals surface area contributed by atoms with Crippen LogP contribution in [0.25, 0.3) is 78.5 Å². The standard InChI is InChI=1S/C54H42N2O/c1-34-17-18-40-31-44(26-21-39(40)29-34)56-50-28-23-42(33-47(50)48-30-35(2)52-45-15-9-10-16-51(45)57-54(52)53(48)56)41-22-27-49(46(32-41)38-13-7-4-8-14-38)55-43-24-19-37(20-25-43)36-11-5-3-6-12-36/h3-28,31-35,55H,29-30H2,1-2H3. The van der Waals surface area contributed by atoms with Gasteiger partial charge in [0, 0.05) is 39.0 Å². The van der Waals surface area contributed by atoms with Crippen LogP contribution in [0.1, 0.15) is 42.0 Å². The summed E-state index contributed by atoms with van der Waals surface area (Å²) in [5.74, 6) is 1.88. The molecule has 9 aromatic rings. The van der Waals surface area contributed by atoms with E-state index in [1.54, 1.807) is 0 Å². The van der Waals surface area contributed by atoms with Crippen LogP contribution in [-0.2, 0) is 12.8 Å². The monoisotopic (exact) mass is 734 g/mol. The van der Waals surface area contributed by atoms with Crippen LogP contribution in [0.5, 0.6) is 0 Å². The van der Waals surface area contributed by atoms with Gasteiger partial charge >= 0.3 is 0 Å². The highest BCUT2D eigenvalue weighted by Gasteiger charge is 2.34. The van der Waals surface area contributed by atoms with Gasteiger partial charge in [-0.1, -0.05) is 135 Å². The van der Waals surface area contributed by atoms with Gasteiger partial charge in [0.1, 0.15) is 5.58 Å². The Morgan fingerprint density at radius 1 is 0.596 bits per heavy atom. The number of furan rings is 1. The molecule has 0 amide bonds. The van der Waals surface area contributed by atoms with E-state index in [1.165, 1.54) is 77.7 Å². The molecule has 0 aliphatic heterocycles. The first-order valence-corrected chi connectivity index (χ1v) is 20.2. The van der Waals surface area contributed by atoms with E-state index in [1.807, 2.05) is 0 Å². The number of allylic oxidation sites excluding steroid dienone is 1. The van der Waals surface area contributed by atoms with Gasteiger partial charge in [0.25, 0.3) is 0 Å². The van der Waals surface area contributed by atoms with Crippen molar-refractivity contribution in [1.82, 2.24) is 4.57 Å². The molecular weight excluding hydrogens is 693 g/mol. The number of rotatable bonds is 6. The number of fused-ring (bicyclic) bond motifs is 8. The molecule has 11 rings (SSSR count). The zero-order chi connectivity index (χ0) is 38.0. The number of hydrogen-bond donors (Lipinski definition) is 1. The van der Waals surface area contributed by atoms with Crippen LogP contribution in [0.15, 0.2) is 174 Å². The van der Waals surface area contributed by atoms with Crippen molar-refractivity contribution in [3.8, 4) is 50.5 Å². The van der Waals surface area contributed by atoms with Gasteiger partial charge in [-0.3, -0.25) is 0 Å². The van der Waals surface area contributed by atoms with Crippen molar-refractivity contribution in [2.45, 2.75) is 32.6 Å². The molecule has 2 aromatic heterocycles. The second-order valence-electron chi connectivity index (χ2n) is 16.0. The topological polar surface area (TPSA) is 30.1 Å². The van der Waals surface area contributed by atoms with Gasteiger partial charge < -0.3 is 14.3 Å². The summed E-state index contributed by atoms with van der Waals surface area (Å²) in [5, 5.41) is 6.25. The largest absolute Gasteiger partial charge is 0.454 e. The third-order valence-electron chi connectivity index (χ3n) is 12.2. The molecule has 0 radical (unpaired) electrons. The minimum absolute atomic E-state index is 0.323. The van der Waals surface area contributed by atoms with Crippen molar-refractivity contribution in [1.29, 1.82) is 0 Å². The first-order valence-electron chi connectivity index (χ1n) is 20.2. The molecule has 2 aliphatic rings. The van der Waals surface area contributed by atoms with Crippen molar-refractivity contribution in [2.24, 2.45) is 5.92 Å². The maximum Gasteiger partial charge on any atom is 0.155 e. The van der Waals surface area contributed by atoms with Gasteiger partial charge in [0.15, 0.2) is 5.76 Å². The average molecular weight is 735 g/mol. The third-order valence-corrected chi connectivity index (χ3v) is 12.2. The fraction of sp³-hybridized carbons (Fsp3) is 0.111. The van der Waals surface area contributed by atoms with E-state index in [9.17, 15) is 0 Å². The van der Waals surface area contributed by atoms with E-state index in [2.05, 4.69) is 200 Å². The average Bonchev–Trinajstić information content (AvgIpc) is 3.81. The Kier molecular flexibility index (Phi) is 7.89. The summed E-state index contributed by atoms with van der Waals surface area (Å²) in [5.41, 5.74) is 19.2. The molecule has 0 saturated carbocycles. The third kappa shape index (κ3) is 5.73. The molecular formula is C54H42N2O. The molecule has 1 N–H and O–H groups in total. The van der Waals surface area contributed by atoms with Crippen LogP contribution >= 0.6 is 0 Å². The highest BCUT2D eigenvalue weighted by atomic mass is 16.3. The zero-order valence-corrected chi connectivity index (χ0v) is 32.2. The van der Waals surface area contributed by atoms with Crippen molar-refractivity contribution in [2.75, 3.05) is 5.32 Å². The van der Waals surface area contributed by atoms with Crippen LogP contribution in [0, 0.1) is 5.92 Å². The normalized spacial score (nSPS) is 15.7. The van der Waals surface area contributed by atoms with Gasteiger partial charge in [-0.05, 0) is 124 Å². The van der Waals surface area contributed by atoms with Crippen LogP contribution in [0.3, 0.4) is 0 Å². The Morgan fingerprint density at radius 2 is 1.30 bits per heavy atom. The Balaban J connectivity index is 1.05. The van der Waals surface area contributed by atoms with Gasteiger partial charge in [0.05, 0.1) is 11.2 Å². The molecule has 0 fully saturated rings. The molecule has 274 valence electrons. The molecule has 0 spiro atoms. The number of anilines is 2. The lowest BCUT2D eigenvalue weighted by molar-refractivity contribution is 0.604. The van der Waals surface area contributed by atoms with Crippen LogP contribution in [0.4, 0.5) is 11.4 Å². The fourth-order valence-electron chi connectivity index (χ4n) is 9.35. The Hall–Kier alpha value is -6.84. The Bertz CT molecular complexity index is 3000. The second-order valence-corrected chi connectivity index (χ2v) is 16.0. The number of nitrogens with one attached hydrogen (secondary N) is 1. The van der Waals surface area contributed by atoms with Crippen molar-refractivity contribution in [3.63, 3.8) is 0 Å². The summed E-state index contributed by atoms with van der Waals surface area (Å²) in [6.45, 7) is 4.65. The SMILES string of the molecule is CC1C=Cc2cc(-n3c4c(c5cc(-c6ccc(Nc7ccc(-c8ccccc8)cc7)c(-c7ccccc7)c6)ccc53)CC(C)c3c-4oc4ccccc34)ccc2C1. The summed E-state index contributed by atoms with van der Waals surface area (Å²) in [4.78, 5) is 0. The summed E-state index contributed by atoms with van der Waals surface area (Å²) < 4.78 is 9.31.